The highest BCUT2D eigenvalue weighted by Crippen LogP contribution is 2.29. The lowest BCUT2D eigenvalue weighted by Gasteiger charge is -2.19. The Hall–Kier alpha value is -0.990. The highest BCUT2D eigenvalue weighted by molar-refractivity contribution is 14.0. The molecule has 3 nitrogen and oxygen atoms in total. The SMILES string of the molecule is CCN(CC)C(N)=NCCc1ccc(C(F)(F)F)cc1.I. The fraction of sp³-hybridized carbons (Fsp3) is 0.500. The Morgan fingerprint density at radius 3 is 2.10 bits per heavy atom. The van der Waals surface area contributed by atoms with Gasteiger partial charge in [0, 0.05) is 19.6 Å². The third-order valence-corrected chi connectivity index (χ3v) is 3.04. The number of benzene rings is 1. The Balaban J connectivity index is 0.00000400. The summed E-state index contributed by atoms with van der Waals surface area (Å²) in [7, 11) is 0. The highest BCUT2D eigenvalue weighted by atomic mass is 127. The minimum Gasteiger partial charge on any atom is -0.370 e. The van der Waals surface area contributed by atoms with Crippen molar-refractivity contribution in [3.05, 3.63) is 35.4 Å². The van der Waals surface area contributed by atoms with Crippen LogP contribution >= 0.6 is 24.0 Å². The molecule has 1 aromatic rings. The van der Waals surface area contributed by atoms with Crippen molar-refractivity contribution in [2.45, 2.75) is 26.4 Å². The molecule has 0 aliphatic heterocycles. The third-order valence-electron chi connectivity index (χ3n) is 3.04. The molecular weight excluding hydrogens is 394 g/mol. The summed E-state index contributed by atoms with van der Waals surface area (Å²) in [6.45, 7) is 6.01. The van der Waals surface area contributed by atoms with Crippen LogP contribution in [0.2, 0.25) is 0 Å². The normalized spacial score (nSPS) is 12.0. The van der Waals surface area contributed by atoms with E-state index in [2.05, 4.69) is 4.99 Å². The number of nitrogens with zero attached hydrogens (tertiary/aromatic N) is 2. The van der Waals surface area contributed by atoms with E-state index in [-0.39, 0.29) is 24.0 Å². The number of guanidine groups is 1. The summed E-state index contributed by atoms with van der Waals surface area (Å²) in [6, 6.07) is 5.14. The van der Waals surface area contributed by atoms with Crippen LogP contribution in [0.5, 0.6) is 0 Å². The van der Waals surface area contributed by atoms with Crippen LogP contribution in [0.15, 0.2) is 29.3 Å². The Bertz CT molecular complexity index is 440. The maximum Gasteiger partial charge on any atom is 0.416 e. The topological polar surface area (TPSA) is 41.6 Å². The average Bonchev–Trinajstić information content (AvgIpc) is 2.39. The van der Waals surface area contributed by atoms with Gasteiger partial charge in [0.25, 0.3) is 0 Å². The molecular formula is C14H21F3IN3. The van der Waals surface area contributed by atoms with E-state index in [1.807, 2.05) is 18.7 Å². The number of alkyl halides is 3. The number of hydrogen-bond acceptors (Lipinski definition) is 1. The molecule has 0 saturated heterocycles. The van der Waals surface area contributed by atoms with E-state index in [0.717, 1.165) is 30.8 Å². The predicted molar refractivity (Wildman–Crippen MR) is 90.0 cm³/mol. The highest BCUT2D eigenvalue weighted by Gasteiger charge is 2.29. The molecule has 1 rings (SSSR count). The van der Waals surface area contributed by atoms with E-state index >= 15 is 0 Å². The molecule has 7 heteroatoms. The van der Waals surface area contributed by atoms with Gasteiger partial charge in [-0.3, -0.25) is 4.99 Å². The van der Waals surface area contributed by atoms with E-state index in [1.54, 1.807) is 0 Å². The lowest BCUT2D eigenvalue weighted by molar-refractivity contribution is -0.137. The molecule has 0 aliphatic carbocycles. The van der Waals surface area contributed by atoms with Crippen LogP contribution in [0, 0.1) is 0 Å². The van der Waals surface area contributed by atoms with Gasteiger partial charge in [-0.1, -0.05) is 12.1 Å². The molecule has 0 heterocycles. The standard InChI is InChI=1S/C14H20F3N3.HI/c1-3-20(4-2)13(18)19-10-9-11-5-7-12(8-6-11)14(15,16)17;/h5-8H,3-4,9-10H2,1-2H3,(H2,18,19);1H. The summed E-state index contributed by atoms with van der Waals surface area (Å²) in [5, 5.41) is 0. The van der Waals surface area contributed by atoms with Crippen LogP contribution in [0.3, 0.4) is 0 Å². The summed E-state index contributed by atoms with van der Waals surface area (Å²) >= 11 is 0. The Morgan fingerprint density at radius 2 is 1.67 bits per heavy atom. The number of nitrogens with two attached hydrogens (primary N) is 1. The summed E-state index contributed by atoms with van der Waals surface area (Å²) in [6.07, 6.45) is -3.72. The average molecular weight is 415 g/mol. The molecule has 0 aromatic heterocycles. The summed E-state index contributed by atoms with van der Waals surface area (Å²) < 4.78 is 37.2. The van der Waals surface area contributed by atoms with Crippen LogP contribution in [-0.2, 0) is 12.6 Å². The molecule has 0 unspecified atom stereocenters. The van der Waals surface area contributed by atoms with Gasteiger partial charge in [0.15, 0.2) is 5.96 Å². The minimum absolute atomic E-state index is 0. The van der Waals surface area contributed by atoms with Gasteiger partial charge in [-0.2, -0.15) is 13.2 Å². The Kier molecular flexibility index (Phi) is 8.68. The van der Waals surface area contributed by atoms with Crippen LogP contribution in [-0.4, -0.2) is 30.5 Å². The van der Waals surface area contributed by atoms with Crippen LogP contribution in [0.1, 0.15) is 25.0 Å². The van der Waals surface area contributed by atoms with Crippen molar-refractivity contribution in [2.75, 3.05) is 19.6 Å². The van der Waals surface area contributed by atoms with Crippen molar-refractivity contribution < 1.29 is 13.2 Å². The molecule has 2 N–H and O–H groups in total. The zero-order valence-electron chi connectivity index (χ0n) is 12.2. The maximum absolute atomic E-state index is 12.4. The van der Waals surface area contributed by atoms with Gasteiger partial charge in [0.05, 0.1) is 5.56 Å². The summed E-state index contributed by atoms with van der Waals surface area (Å²) in [5.74, 6) is 0.474. The van der Waals surface area contributed by atoms with E-state index in [4.69, 9.17) is 5.73 Å². The Labute approximate surface area is 140 Å². The van der Waals surface area contributed by atoms with Crippen molar-refractivity contribution in [1.29, 1.82) is 0 Å². The quantitative estimate of drug-likeness (QED) is 0.454. The molecule has 0 radical (unpaired) electrons. The molecule has 0 saturated carbocycles. The van der Waals surface area contributed by atoms with Crippen molar-refractivity contribution >= 4 is 29.9 Å². The van der Waals surface area contributed by atoms with Gasteiger partial charge in [0.2, 0.25) is 0 Å². The maximum atomic E-state index is 12.4. The van der Waals surface area contributed by atoms with E-state index in [0.29, 0.717) is 18.9 Å². The number of aliphatic imine (C=N–C) groups is 1. The van der Waals surface area contributed by atoms with E-state index in [1.165, 1.54) is 12.1 Å². The van der Waals surface area contributed by atoms with Crippen molar-refractivity contribution in [1.82, 2.24) is 4.90 Å². The molecule has 0 aliphatic rings. The van der Waals surface area contributed by atoms with Gasteiger partial charge in [-0.25, -0.2) is 0 Å². The van der Waals surface area contributed by atoms with Crippen molar-refractivity contribution in [3.63, 3.8) is 0 Å². The predicted octanol–water partition coefficient (Wildman–Crippen LogP) is 3.52. The summed E-state index contributed by atoms with van der Waals surface area (Å²) in [4.78, 5) is 6.15. The monoisotopic (exact) mass is 415 g/mol. The number of rotatable bonds is 5. The first-order valence-electron chi connectivity index (χ1n) is 6.59. The Morgan fingerprint density at radius 1 is 1.14 bits per heavy atom. The number of halogens is 4. The molecule has 120 valence electrons. The third kappa shape index (κ3) is 6.54. The van der Waals surface area contributed by atoms with Crippen LogP contribution in [0.4, 0.5) is 13.2 Å². The second-order valence-electron chi connectivity index (χ2n) is 4.36. The summed E-state index contributed by atoms with van der Waals surface area (Å²) in [5.41, 5.74) is 5.99. The van der Waals surface area contributed by atoms with Crippen LogP contribution in [0.25, 0.3) is 0 Å². The second-order valence-corrected chi connectivity index (χ2v) is 4.36. The molecule has 0 spiro atoms. The van der Waals surface area contributed by atoms with Gasteiger partial charge < -0.3 is 10.6 Å². The van der Waals surface area contributed by atoms with Gasteiger partial charge >= 0.3 is 6.18 Å². The van der Waals surface area contributed by atoms with Crippen molar-refractivity contribution in [2.24, 2.45) is 10.7 Å². The first-order chi connectivity index (χ1) is 9.38. The zero-order valence-corrected chi connectivity index (χ0v) is 14.5. The second kappa shape index (κ2) is 9.11. The van der Waals surface area contributed by atoms with Crippen LogP contribution < -0.4 is 5.73 Å². The first kappa shape index (κ1) is 20.0. The molecule has 0 fully saturated rings. The fourth-order valence-electron chi connectivity index (χ4n) is 1.81. The van der Waals surface area contributed by atoms with Crippen molar-refractivity contribution in [3.8, 4) is 0 Å². The smallest absolute Gasteiger partial charge is 0.370 e. The molecule has 21 heavy (non-hydrogen) atoms. The fourth-order valence-corrected chi connectivity index (χ4v) is 1.81. The minimum atomic E-state index is -4.29. The van der Waals surface area contributed by atoms with E-state index in [9.17, 15) is 13.2 Å². The van der Waals surface area contributed by atoms with Gasteiger partial charge in [-0.05, 0) is 38.0 Å². The first-order valence-corrected chi connectivity index (χ1v) is 6.59. The lowest BCUT2D eigenvalue weighted by atomic mass is 10.1. The zero-order chi connectivity index (χ0) is 15.2. The molecule has 0 atom stereocenters. The van der Waals surface area contributed by atoms with Gasteiger partial charge in [0.1, 0.15) is 0 Å². The lowest BCUT2D eigenvalue weighted by Crippen LogP contribution is -2.37. The largest absolute Gasteiger partial charge is 0.416 e. The molecule has 0 amide bonds. The van der Waals surface area contributed by atoms with E-state index < -0.39 is 11.7 Å². The number of hydrogen-bond donors (Lipinski definition) is 1. The van der Waals surface area contributed by atoms with Gasteiger partial charge in [-0.15, -0.1) is 24.0 Å². The molecule has 1 aromatic carbocycles. The molecule has 0 bridgehead atoms.